The summed E-state index contributed by atoms with van der Waals surface area (Å²) in [6, 6.07) is 8.52. The van der Waals surface area contributed by atoms with Crippen LogP contribution in [0.15, 0.2) is 41.6 Å². The van der Waals surface area contributed by atoms with Crippen LogP contribution < -0.4 is 0 Å². The molecule has 1 atom stereocenters. The Balaban J connectivity index is 2.12. The third-order valence-electron chi connectivity index (χ3n) is 4.87. The summed E-state index contributed by atoms with van der Waals surface area (Å²) in [5, 5.41) is 1.25. The smallest absolute Gasteiger partial charge is 0.250 e. The molecule has 3 nitrogen and oxygen atoms in total. The van der Waals surface area contributed by atoms with E-state index in [-0.39, 0.29) is 11.9 Å². The van der Waals surface area contributed by atoms with Gasteiger partial charge in [-0.05, 0) is 31.9 Å². The minimum Gasteiger partial charge on any atom is -0.350 e. The number of fused-ring (bicyclic) bond motifs is 1. The predicted molar refractivity (Wildman–Crippen MR) is 90.7 cm³/mol. The van der Waals surface area contributed by atoms with Crippen LogP contribution in [0.5, 0.6) is 0 Å². The van der Waals surface area contributed by atoms with Crippen molar-refractivity contribution in [2.24, 2.45) is 7.05 Å². The number of rotatable bonds is 4. The van der Waals surface area contributed by atoms with E-state index in [2.05, 4.69) is 60.8 Å². The van der Waals surface area contributed by atoms with Gasteiger partial charge in [0.2, 0.25) is 5.91 Å². The zero-order valence-corrected chi connectivity index (χ0v) is 13.9. The summed E-state index contributed by atoms with van der Waals surface area (Å²) in [5.41, 5.74) is 4.57. The Morgan fingerprint density at radius 1 is 1.18 bits per heavy atom. The van der Waals surface area contributed by atoms with Gasteiger partial charge in [0.1, 0.15) is 0 Å². The lowest BCUT2D eigenvalue weighted by Crippen LogP contribution is -2.30. The Bertz CT molecular complexity index is 754. The third kappa shape index (κ3) is 2.16. The van der Waals surface area contributed by atoms with Crippen molar-refractivity contribution in [1.82, 2.24) is 9.47 Å². The Hall–Kier alpha value is -2.03. The van der Waals surface area contributed by atoms with E-state index < -0.39 is 0 Å². The summed E-state index contributed by atoms with van der Waals surface area (Å²) < 4.78 is 2.16. The van der Waals surface area contributed by atoms with Crippen LogP contribution in [0.25, 0.3) is 10.9 Å². The van der Waals surface area contributed by atoms with Gasteiger partial charge in [0.25, 0.3) is 0 Å². The number of benzene rings is 1. The molecule has 0 saturated heterocycles. The highest BCUT2D eigenvalue weighted by atomic mass is 16.2. The van der Waals surface area contributed by atoms with Crippen LogP contribution in [0.4, 0.5) is 0 Å². The van der Waals surface area contributed by atoms with Gasteiger partial charge in [0, 0.05) is 41.8 Å². The maximum Gasteiger partial charge on any atom is 0.250 e. The van der Waals surface area contributed by atoms with E-state index in [0.29, 0.717) is 0 Å². The van der Waals surface area contributed by atoms with Crippen LogP contribution in [0.3, 0.4) is 0 Å². The summed E-state index contributed by atoms with van der Waals surface area (Å²) >= 11 is 0. The van der Waals surface area contributed by atoms with E-state index in [9.17, 15) is 4.79 Å². The van der Waals surface area contributed by atoms with Gasteiger partial charge in [-0.1, -0.05) is 31.5 Å². The first-order chi connectivity index (χ1) is 10.6. The highest BCUT2D eigenvalue weighted by Gasteiger charge is 2.36. The van der Waals surface area contributed by atoms with Gasteiger partial charge >= 0.3 is 0 Å². The number of carbonyl (C=O) groups excluding carboxylic acids is 1. The zero-order valence-electron chi connectivity index (χ0n) is 13.9. The first-order valence-electron chi connectivity index (χ1n) is 8.08. The number of unbranched alkanes of at least 4 members (excludes halogenated alkanes) is 1. The maximum atomic E-state index is 12.6. The second-order valence-electron chi connectivity index (χ2n) is 6.28. The van der Waals surface area contributed by atoms with E-state index in [1.165, 1.54) is 22.0 Å². The van der Waals surface area contributed by atoms with Crippen molar-refractivity contribution >= 4 is 16.8 Å². The molecular formula is C19H24N2O. The van der Waals surface area contributed by atoms with Gasteiger partial charge in [-0.3, -0.25) is 4.79 Å². The van der Waals surface area contributed by atoms with E-state index in [0.717, 1.165) is 25.0 Å². The van der Waals surface area contributed by atoms with E-state index in [1.807, 2.05) is 6.92 Å². The largest absolute Gasteiger partial charge is 0.350 e. The molecule has 0 aliphatic carbocycles. The fourth-order valence-corrected chi connectivity index (χ4v) is 3.49. The van der Waals surface area contributed by atoms with Crippen LogP contribution in [0.1, 0.15) is 45.2 Å². The van der Waals surface area contributed by atoms with E-state index >= 15 is 0 Å². The summed E-state index contributed by atoms with van der Waals surface area (Å²) in [6.45, 7) is 7.06. The normalized spacial score (nSPS) is 18.8. The topological polar surface area (TPSA) is 25.2 Å². The van der Waals surface area contributed by atoms with Crippen molar-refractivity contribution in [2.75, 3.05) is 6.54 Å². The molecule has 1 amide bonds. The van der Waals surface area contributed by atoms with Crippen LogP contribution in [-0.4, -0.2) is 21.9 Å². The highest BCUT2D eigenvalue weighted by Crippen LogP contribution is 2.40. The van der Waals surface area contributed by atoms with Crippen LogP contribution in [-0.2, 0) is 11.8 Å². The average Bonchev–Trinajstić information content (AvgIpc) is 2.96. The molecule has 0 saturated carbocycles. The molecule has 1 aromatic carbocycles. The number of hydrogen-bond acceptors (Lipinski definition) is 1. The zero-order chi connectivity index (χ0) is 15.9. The SMILES string of the molecule is CCCCN1C(=O)C(C)=C(C)[C@H]1c1cn(C)c2ccccc12. The molecule has 0 N–H and O–H groups in total. The van der Waals surface area contributed by atoms with Crippen molar-refractivity contribution in [1.29, 1.82) is 0 Å². The Labute approximate surface area is 132 Å². The molecule has 3 heteroatoms. The van der Waals surface area contributed by atoms with Crippen LogP contribution >= 0.6 is 0 Å². The fourth-order valence-electron chi connectivity index (χ4n) is 3.49. The second kappa shape index (κ2) is 5.64. The number of aryl methyl sites for hydroxylation is 1. The molecule has 1 aliphatic rings. The lowest BCUT2D eigenvalue weighted by Gasteiger charge is -2.26. The molecule has 3 rings (SSSR count). The summed E-state index contributed by atoms with van der Waals surface area (Å²) in [4.78, 5) is 14.7. The Morgan fingerprint density at radius 3 is 2.64 bits per heavy atom. The number of para-hydroxylation sites is 1. The standard InChI is InChI=1S/C19H24N2O/c1-5-6-11-21-18(13(2)14(3)19(21)22)16-12-20(4)17-10-8-7-9-15(16)17/h7-10,12,18H,5-6,11H2,1-4H3/t18-/m0/s1. The minimum atomic E-state index is 0.0881. The number of hydrogen-bond donors (Lipinski definition) is 0. The van der Waals surface area contributed by atoms with Gasteiger partial charge in [-0.25, -0.2) is 0 Å². The average molecular weight is 296 g/mol. The van der Waals surface area contributed by atoms with Crippen molar-refractivity contribution in [3.63, 3.8) is 0 Å². The molecule has 116 valence electrons. The predicted octanol–water partition coefficient (Wildman–Crippen LogP) is 4.20. The molecule has 0 bridgehead atoms. The number of carbonyl (C=O) groups is 1. The highest BCUT2D eigenvalue weighted by molar-refractivity contribution is 5.98. The fraction of sp³-hybridized carbons (Fsp3) is 0.421. The third-order valence-corrected chi connectivity index (χ3v) is 4.87. The molecule has 2 aromatic rings. The van der Waals surface area contributed by atoms with Crippen molar-refractivity contribution < 1.29 is 4.79 Å². The lowest BCUT2D eigenvalue weighted by atomic mass is 9.98. The maximum absolute atomic E-state index is 12.6. The first kappa shape index (κ1) is 14.9. The lowest BCUT2D eigenvalue weighted by molar-refractivity contribution is -0.127. The van der Waals surface area contributed by atoms with Gasteiger partial charge in [-0.15, -0.1) is 0 Å². The Kier molecular flexibility index (Phi) is 3.81. The van der Waals surface area contributed by atoms with Gasteiger partial charge in [0.05, 0.1) is 6.04 Å². The van der Waals surface area contributed by atoms with Gasteiger partial charge in [0.15, 0.2) is 0 Å². The van der Waals surface area contributed by atoms with E-state index in [1.54, 1.807) is 0 Å². The molecule has 1 aromatic heterocycles. The first-order valence-corrected chi connectivity index (χ1v) is 8.08. The molecule has 0 unspecified atom stereocenters. The van der Waals surface area contributed by atoms with Crippen molar-refractivity contribution in [3.8, 4) is 0 Å². The Morgan fingerprint density at radius 2 is 1.91 bits per heavy atom. The minimum absolute atomic E-state index is 0.0881. The van der Waals surface area contributed by atoms with E-state index in [4.69, 9.17) is 0 Å². The molecule has 0 fully saturated rings. The van der Waals surface area contributed by atoms with Crippen LogP contribution in [0.2, 0.25) is 0 Å². The molecule has 0 spiro atoms. The quantitative estimate of drug-likeness (QED) is 0.830. The molecule has 22 heavy (non-hydrogen) atoms. The second-order valence-corrected chi connectivity index (χ2v) is 6.28. The number of nitrogens with zero attached hydrogens (tertiary/aromatic N) is 2. The molecule has 2 heterocycles. The molecular weight excluding hydrogens is 272 g/mol. The molecule has 1 aliphatic heterocycles. The summed E-state index contributed by atoms with van der Waals surface area (Å²) in [5.74, 6) is 0.198. The van der Waals surface area contributed by atoms with Crippen molar-refractivity contribution in [3.05, 3.63) is 47.2 Å². The van der Waals surface area contributed by atoms with Gasteiger partial charge in [-0.2, -0.15) is 0 Å². The van der Waals surface area contributed by atoms with Crippen molar-refractivity contribution in [2.45, 2.75) is 39.7 Å². The summed E-state index contributed by atoms with van der Waals surface area (Å²) in [7, 11) is 2.07. The van der Waals surface area contributed by atoms with Crippen LogP contribution in [0, 0.1) is 0 Å². The van der Waals surface area contributed by atoms with Gasteiger partial charge < -0.3 is 9.47 Å². The number of amides is 1. The summed E-state index contributed by atoms with van der Waals surface area (Å²) in [6.07, 6.45) is 4.33. The molecule has 0 radical (unpaired) electrons. The monoisotopic (exact) mass is 296 g/mol. The number of aromatic nitrogens is 1.